The number of benzene rings is 2. The molecule has 0 atom stereocenters. The Labute approximate surface area is 170 Å². The molecule has 0 unspecified atom stereocenters. The number of nitrogens with zero attached hydrogens (tertiary/aromatic N) is 2. The van der Waals surface area contributed by atoms with Gasteiger partial charge in [-0.2, -0.15) is 0 Å². The van der Waals surface area contributed by atoms with Gasteiger partial charge in [-0.15, -0.1) is 0 Å². The Hall–Kier alpha value is -3.10. The van der Waals surface area contributed by atoms with Gasteiger partial charge in [-0.25, -0.2) is 10.3 Å². The van der Waals surface area contributed by atoms with Crippen LogP contribution >= 0.6 is 0 Å². The minimum atomic E-state index is -0.576. The number of urea groups is 1. The Morgan fingerprint density at radius 1 is 0.966 bits per heavy atom. The van der Waals surface area contributed by atoms with Crippen LogP contribution in [0.25, 0.3) is 0 Å². The summed E-state index contributed by atoms with van der Waals surface area (Å²) in [5.74, 6) is 0.0101. The molecular formula is C21H26N4O4. The summed E-state index contributed by atoms with van der Waals surface area (Å²) < 4.78 is 5.56. The second kappa shape index (κ2) is 10.4. The Morgan fingerprint density at radius 3 is 2.31 bits per heavy atom. The first-order valence-corrected chi connectivity index (χ1v) is 9.62. The molecule has 0 radical (unpaired) electrons. The third-order valence-corrected chi connectivity index (χ3v) is 4.77. The Kier molecular flexibility index (Phi) is 7.43. The summed E-state index contributed by atoms with van der Waals surface area (Å²) in [4.78, 5) is 27.7. The maximum atomic E-state index is 12.3. The second-order valence-electron chi connectivity index (χ2n) is 6.79. The minimum Gasteiger partial charge on any atom is -0.492 e. The lowest BCUT2D eigenvalue weighted by Gasteiger charge is -2.34. The fourth-order valence-corrected chi connectivity index (χ4v) is 3.16. The highest BCUT2D eigenvalue weighted by molar-refractivity contribution is 5.93. The van der Waals surface area contributed by atoms with Gasteiger partial charge in [0.15, 0.2) is 0 Å². The van der Waals surface area contributed by atoms with E-state index in [1.807, 2.05) is 23.1 Å². The van der Waals surface area contributed by atoms with Crippen molar-refractivity contribution in [1.29, 1.82) is 0 Å². The normalized spacial score (nSPS) is 14.3. The molecule has 0 saturated carbocycles. The van der Waals surface area contributed by atoms with E-state index in [2.05, 4.69) is 22.3 Å². The summed E-state index contributed by atoms with van der Waals surface area (Å²) in [7, 11) is 0. The summed E-state index contributed by atoms with van der Waals surface area (Å²) in [6.07, 6.45) is 0. The first kappa shape index (κ1) is 20.6. The van der Waals surface area contributed by atoms with E-state index in [1.165, 1.54) is 5.56 Å². The van der Waals surface area contributed by atoms with Gasteiger partial charge in [0.25, 0.3) is 5.91 Å². The van der Waals surface area contributed by atoms with Crippen molar-refractivity contribution in [2.45, 2.75) is 6.54 Å². The van der Waals surface area contributed by atoms with Crippen molar-refractivity contribution in [3.05, 3.63) is 65.7 Å². The molecule has 0 aromatic heterocycles. The van der Waals surface area contributed by atoms with Gasteiger partial charge in [-0.3, -0.25) is 14.9 Å². The third-order valence-electron chi connectivity index (χ3n) is 4.77. The van der Waals surface area contributed by atoms with Crippen LogP contribution in [0.15, 0.2) is 54.6 Å². The predicted octanol–water partition coefficient (Wildman–Crippen LogP) is 1.71. The van der Waals surface area contributed by atoms with Crippen molar-refractivity contribution < 1.29 is 19.5 Å². The van der Waals surface area contributed by atoms with Crippen LogP contribution in [0.1, 0.15) is 15.9 Å². The molecular weight excluding hydrogens is 372 g/mol. The summed E-state index contributed by atoms with van der Waals surface area (Å²) >= 11 is 0. The van der Waals surface area contributed by atoms with E-state index >= 15 is 0 Å². The van der Waals surface area contributed by atoms with Crippen molar-refractivity contribution in [2.75, 3.05) is 39.3 Å². The van der Waals surface area contributed by atoms with E-state index < -0.39 is 5.91 Å². The molecule has 0 aliphatic carbocycles. The van der Waals surface area contributed by atoms with E-state index in [4.69, 9.17) is 9.94 Å². The summed E-state index contributed by atoms with van der Waals surface area (Å²) in [5, 5.41) is 11.5. The average molecular weight is 398 g/mol. The van der Waals surface area contributed by atoms with Gasteiger partial charge in [0, 0.05) is 38.3 Å². The van der Waals surface area contributed by atoms with Crippen LogP contribution in [0.5, 0.6) is 5.75 Å². The number of amides is 3. The van der Waals surface area contributed by atoms with Gasteiger partial charge < -0.3 is 15.0 Å². The standard InChI is InChI=1S/C21H26N4O4/c26-20(23-28)18-6-8-19(9-7-18)29-15-10-22-21(27)25-13-11-24(12-14-25)16-17-4-2-1-3-5-17/h1-9,28H,10-16H2,(H,22,27)(H,23,26). The molecule has 0 spiro atoms. The highest BCUT2D eigenvalue weighted by atomic mass is 16.5. The van der Waals surface area contributed by atoms with Crippen LogP contribution in [-0.2, 0) is 6.54 Å². The lowest BCUT2D eigenvalue weighted by molar-refractivity contribution is 0.0706. The van der Waals surface area contributed by atoms with Gasteiger partial charge >= 0.3 is 6.03 Å². The van der Waals surface area contributed by atoms with Crippen molar-refractivity contribution in [3.63, 3.8) is 0 Å². The van der Waals surface area contributed by atoms with Gasteiger partial charge in [0.05, 0.1) is 6.54 Å². The Morgan fingerprint density at radius 2 is 1.66 bits per heavy atom. The molecule has 8 heteroatoms. The fourth-order valence-electron chi connectivity index (χ4n) is 3.16. The van der Waals surface area contributed by atoms with Gasteiger partial charge in [0.2, 0.25) is 0 Å². The molecule has 1 saturated heterocycles. The van der Waals surface area contributed by atoms with E-state index in [9.17, 15) is 9.59 Å². The summed E-state index contributed by atoms with van der Waals surface area (Å²) in [5.41, 5.74) is 3.19. The van der Waals surface area contributed by atoms with E-state index in [1.54, 1.807) is 29.7 Å². The fraction of sp³-hybridized carbons (Fsp3) is 0.333. The monoisotopic (exact) mass is 398 g/mol. The van der Waals surface area contributed by atoms with Crippen LogP contribution < -0.4 is 15.5 Å². The average Bonchev–Trinajstić information content (AvgIpc) is 2.77. The molecule has 2 aromatic carbocycles. The quantitative estimate of drug-likeness (QED) is 0.375. The second-order valence-corrected chi connectivity index (χ2v) is 6.79. The third kappa shape index (κ3) is 6.20. The molecule has 3 amide bonds. The highest BCUT2D eigenvalue weighted by Crippen LogP contribution is 2.12. The number of rotatable bonds is 7. The van der Waals surface area contributed by atoms with Crippen LogP contribution in [0, 0.1) is 0 Å². The van der Waals surface area contributed by atoms with Gasteiger partial charge in [0.1, 0.15) is 12.4 Å². The molecule has 0 bridgehead atoms. The van der Waals surface area contributed by atoms with Crippen LogP contribution in [-0.4, -0.2) is 66.3 Å². The molecule has 8 nitrogen and oxygen atoms in total. The van der Waals surface area contributed by atoms with Crippen LogP contribution in [0.4, 0.5) is 4.79 Å². The molecule has 154 valence electrons. The number of hydrogen-bond donors (Lipinski definition) is 3. The van der Waals surface area contributed by atoms with Crippen LogP contribution in [0.3, 0.4) is 0 Å². The summed E-state index contributed by atoms with van der Waals surface area (Å²) in [6, 6.07) is 16.6. The lowest BCUT2D eigenvalue weighted by Crippen LogP contribution is -2.51. The largest absolute Gasteiger partial charge is 0.492 e. The van der Waals surface area contributed by atoms with E-state index in [0.717, 1.165) is 19.6 Å². The zero-order valence-electron chi connectivity index (χ0n) is 16.2. The smallest absolute Gasteiger partial charge is 0.317 e. The number of carbonyl (C=O) groups excluding carboxylic acids is 2. The van der Waals surface area contributed by atoms with Crippen molar-refractivity contribution in [3.8, 4) is 5.75 Å². The predicted molar refractivity (Wildman–Crippen MR) is 108 cm³/mol. The highest BCUT2D eigenvalue weighted by Gasteiger charge is 2.20. The SMILES string of the molecule is O=C(NO)c1ccc(OCCNC(=O)N2CCN(Cc3ccccc3)CC2)cc1. The Bertz CT molecular complexity index is 790. The molecule has 2 aromatic rings. The van der Waals surface area contributed by atoms with Crippen molar-refractivity contribution in [2.24, 2.45) is 0 Å². The number of nitrogens with one attached hydrogen (secondary N) is 2. The number of ether oxygens (including phenoxy) is 1. The maximum Gasteiger partial charge on any atom is 0.317 e. The van der Waals surface area contributed by atoms with Gasteiger partial charge in [-0.1, -0.05) is 30.3 Å². The van der Waals surface area contributed by atoms with E-state index in [0.29, 0.717) is 37.6 Å². The number of hydrogen-bond acceptors (Lipinski definition) is 5. The lowest BCUT2D eigenvalue weighted by atomic mass is 10.2. The number of hydroxylamine groups is 1. The molecule has 1 aliphatic heterocycles. The molecule has 1 heterocycles. The first-order valence-electron chi connectivity index (χ1n) is 9.62. The molecule has 3 N–H and O–H groups in total. The van der Waals surface area contributed by atoms with Crippen LogP contribution in [0.2, 0.25) is 0 Å². The van der Waals surface area contributed by atoms with Crippen molar-refractivity contribution >= 4 is 11.9 Å². The molecule has 1 aliphatic rings. The van der Waals surface area contributed by atoms with Gasteiger partial charge in [-0.05, 0) is 29.8 Å². The molecule has 29 heavy (non-hydrogen) atoms. The maximum absolute atomic E-state index is 12.3. The molecule has 1 fully saturated rings. The Balaban J connectivity index is 1.32. The summed E-state index contributed by atoms with van der Waals surface area (Å²) in [6.45, 7) is 4.73. The number of carbonyl (C=O) groups is 2. The first-order chi connectivity index (χ1) is 14.2. The topological polar surface area (TPSA) is 94.1 Å². The van der Waals surface area contributed by atoms with E-state index in [-0.39, 0.29) is 6.03 Å². The minimum absolute atomic E-state index is 0.0806. The zero-order chi connectivity index (χ0) is 20.5. The number of piperazine rings is 1. The zero-order valence-corrected chi connectivity index (χ0v) is 16.2. The molecule has 3 rings (SSSR count). The van der Waals surface area contributed by atoms with Crippen molar-refractivity contribution in [1.82, 2.24) is 20.6 Å².